The molecule has 0 aliphatic rings. The van der Waals surface area contributed by atoms with Crippen LogP contribution in [-0.2, 0) is 0 Å². The van der Waals surface area contributed by atoms with Crippen LogP contribution in [0, 0.1) is 0 Å². The molecular formula is C19H21ClN6O2. The Labute approximate surface area is 167 Å². The van der Waals surface area contributed by atoms with Crippen molar-refractivity contribution in [1.82, 2.24) is 20.1 Å². The maximum atomic E-state index is 12.4. The summed E-state index contributed by atoms with van der Waals surface area (Å²) in [5.41, 5.74) is 1.75. The third-order valence-electron chi connectivity index (χ3n) is 3.78. The quantitative estimate of drug-likeness (QED) is 0.588. The molecule has 0 spiro atoms. The highest BCUT2D eigenvalue weighted by Gasteiger charge is 2.11. The van der Waals surface area contributed by atoms with Crippen LogP contribution < -0.4 is 15.4 Å². The first kappa shape index (κ1) is 19.8. The van der Waals surface area contributed by atoms with Crippen molar-refractivity contribution in [3.8, 4) is 5.75 Å². The first-order valence-electron chi connectivity index (χ1n) is 8.76. The number of urea groups is 1. The van der Waals surface area contributed by atoms with Gasteiger partial charge in [0, 0.05) is 11.6 Å². The molecule has 8 nitrogen and oxygen atoms in total. The molecule has 9 heteroatoms. The summed E-state index contributed by atoms with van der Waals surface area (Å²) in [6, 6.07) is 11.8. The Balaban J connectivity index is 1.65. The zero-order valence-electron chi connectivity index (χ0n) is 15.6. The van der Waals surface area contributed by atoms with Crippen LogP contribution in [0.3, 0.4) is 0 Å². The van der Waals surface area contributed by atoms with Crippen molar-refractivity contribution >= 4 is 40.3 Å². The van der Waals surface area contributed by atoms with E-state index in [4.69, 9.17) is 16.3 Å². The van der Waals surface area contributed by atoms with Gasteiger partial charge in [-0.3, -0.25) is 5.32 Å². The number of benzene rings is 2. The largest absolute Gasteiger partial charge is 0.491 e. The lowest BCUT2D eigenvalue weighted by atomic mass is 10.3. The molecule has 0 atom stereocenters. The highest BCUT2D eigenvalue weighted by molar-refractivity contribution is 6.31. The third kappa shape index (κ3) is 5.51. The number of aromatic nitrogens is 3. The van der Waals surface area contributed by atoms with Crippen molar-refractivity contribution < 1.29 is 9.53 Å². The number of fused-ring (bicyclic) bond motifs is 1. The minimum atomic E-state index is -0.516. The number of nitrogens with one attached hydrogen (secondary N) is 2. The molecule has 3 aromatic rings. The molecule has 0 bridgehead atoms. The molecule has 0 aliphatic heterocycles. The van der Waals surface area contributed by atoms with E-state index in [2.05, 4.69) is 30.7 Å². The van der Waals surface area contributed by atoms with Crippen molar-refractivity contribution in [3.05, 3.63) is 47.5 Å². The summed E-state index contributed by atoms with van der Waals surface area (Å²) in [5.74, 6) is 0.641. The molecule has 2 aromatic carbocycles. The first-order valence-corrected chi connectivity index (χ1v) is 9.13. The standard InChI is InChI=1S/C19H21ClN6O2/c1-26(2)10-5-11-28-17-9-8-13(20)12-16(17)22-19(27)23-18-21-14-6-3-4-7-15(14)24-25-18/h3-4,6-9,12H,5,10-11H2,1-2H3,(H2,21,22,23,25,27). The van der Waals surface area contributed by atoms with Gasteiger partial charge >= 0.3 is 6.03 Å². The van der Waals surface area contributed by atoms with E-state index in [1.807, 2.05) is 26.2 Å². The van der Waals surface area contributed by atoms with Crippen molar-refractivity contribution in [1.29, 1.82) is 0 Å². The van der Waals surface area contributed by atoms with Gasteiger partial charge in [-0.1, -0.05) is 23.7 Å². The van der Waals surface area contributed by atoms with Crippen LogP contribution >= 0.6 is 11.6 Å². The van der Waals surface area contributed by atoms with Crippen molar-refractivity contribution in [3.63, 3.8) is 0 Å². The Kier molecular flexibility index (Phi) is 6.57. The van der Waals surface area contributed by atoms with Gasteiger partial charge in [-0.2, -0.15) is 0 Å². The molecule has 1 heterocycles. The summed E-state index contributed by atoms with van der Waals surface area (Å²) in [6.45, 7) is 1.43. The van der Waals surface area contributed by atoms with Crippen molar-refractivity contribution in [2.24, 2.45) is 0 Å². The molecule has 2 N–H and O–H groups in total. The van der Waals surface area contributed by atoms with Crippen LogP contribution in [0.2, 0.25) is 5.02 Å². The number of hydrogen-bond acceptors (Lipinski definition) is 6. The Morgan fingerprint density at radius 1 is 1.11 bits per heavy atom. The summed E-state index contributed by atoms with van der Waals surface area (Å²) in [4.78, 5) is 18.7. The topological polar surface area (TPSA) is 92.3 Å². The third-order valence-corrected chi connectivity index (χ3v) is 4.02. The second-order valence-corrected chi connectivity index (χ2v) is 6.79. The summed E-state index contributed by atoms with van der Waals surface area (Å²) in [6.07, 6.45) is 0.859. The summed E-state index contributed by atoms with van der Waals surface area (Å²) >= 11 is 6.06. The Bertz CT molecular complexity index is 966. The van der Waals surface area contributed by atoms with Crippen molar-refractivity contribution in [2.45, 2.75) is 6.42 Å². The van der Waals surface area contributed by atoms with Gasteiger partial charge in [-0.05, 0) is 50.8 Å². The number of nitrogens with zero attached hydrogens (tertiary/aromatic N) is 4. The number of halogens is 1. The number of para-hydroxylation sites is 1. The van der Waals surface area contributed by atoms with Crippen molar-refractivity contribution in [2.75, 3.05) is 37.9 Å². The van der Waals surface area contributed by atoms with Gasteiger partial charge in [-0.25, -0.2) is 9.78 Å². The van der Waals surface area contributed by atoms with Crippen LogP contribution in [-0.4, -0.2) is 53.4 Å². The lowest BCUT2D eigenvalue weighted by Gasteiger charge is -2.14. The monoisotopic (exact) mass is 400 g/mol. The SMILES string of the molecule is CN(C)CCCOc1ccc(Cl)cc1NC(=O)Nc1nnc2ccccc2n1. The molecule has 146 valence electrons. The highest BCUT2D eigenvalue weighted by atomic mass is 35.5. The molecule has 0 unspecified atom stereocenters. The minimum Gasteiger partial charge on any atom is -0.491 e. The van der Waals surface area contributed by atoms with E-state index >= 15 is 0 Å². The van der Waals surface area contributed by atoms with Gasteiger partial charge in [0.05, 0.1) is 17.8 Å². The summed E-state index contributed by atoms with van der Waals surface area (Å²) < 4.78 is 5.78. The van der Waals surface area contributed by atoms with E-state index in [9.17, 15) is 4.79 Å². The molecule has 0 fully saturated rings. The van der Waals surface area contributed by atoms with Gasteiger partial charge < -0.3 is 15.0 Å². The van der Waals surface area contributed by atoms with Gasteiger partial charge in [0.15, 0.2) is 0 Å². The molecule has 0 aliphatic carbocycles. The fraction of sp³-hybridized carbons (Fsp3) is 0.263. The first-order chi connectivity index (χ1) is 13.5. The van der Waals surface area contributed by atoms with Crippen LogP contribution in [0.4, 0.5) is 16.4 Å². The van der Waals surface area contributed by atoms with E-state index in [0.717, 1.165) is 13.0 Å². The summed E-state index contributed by atoms with van der Waals surface area (Å²) in [5, 5.41) is 13.7. The molecular weight excluding hydrogens is 380 g/mol. The minimum absolute atomic E-state index is 0.103. The van der Waals surface area contributed by atoms with Gasteiger partial charge in [-0.15, -0.1) is 10.2 Å². The predicted molar refractivity (Wildman–Crippen MR) is 110 cm³/mol. The van der Waals surface area contributed by atoms with E-state index in [-0.39, 0.29) is 5.95 Å². The van der Waals surface area contributed by atoms with Crippen LogP contribution in [0.25, 0.3) is 11.0 Å². The van der Waals surface area contributed by atoms with Crippen LogP contribution in [0.15, 0.2) is 42.5 Å². The number of anilines is 2. The number of hydrogen-bond donors (Lipinski definition) is 2. The number of rotatable bonds is 7. The Morgan fingerprint density at radius 2 is 1.89 bits per heavy atom. The van der Waals surface area contributed by atoms with Crippen LogP contribution in [0.1, 0.15) is 6.42 Å². The van der Waals surface area contributed by atoms with E-state index < -0.39 is 6.03 Å². The molecule has 28 heavy (non-hydrogen) atoms. The average Bonchev–Trinajstić information content (AvgIpc) is 2.66. The number of amides is 2. The Morgan fingerprint density at radius 3 is 2.68 bits per heavy atom. The Hall–Kier alpha value is -2.97. The normalized spacial score (nSPS) is 10.9. The zero-order chi connectivity index (χ0) is 19.9. The maximum Gasteiger partial charge on any atom is 0.326 e. The van der Waals surface area contributed by atoms with Crippen LogP contribution in [0.5, 0.6) is 5.75 Å². The molecule has 0 saturated carbocycles. The molecule has 0 radical (unpaired) electrons. The predicted octanol–water partition coefficient (Wildman–Crippen LogP) is 3.65. The van der Waals surface area contributed by atoms with E-state index in [1.165, 1.54) is 0 Å². The smallest absolute Gasteiger partial charge is 0.326 e. The zero-order valence-corrected chi connectivity index (χ0v) is 16.4. The molecule has 3 rings (SSSR count). The van der Waals surface area contributed by atoms with Gasteiger partial charge in [0.25, 0.3) is 5.95 Å². The fourth-order valence-electron chi connectivity index (χ4n) is 2.48. The van der Waals surface area contributed by atoms with Gasteiger partial charge in [0.1, 0.15) is 11.3 Å². The number of carbonyl (C=O) groups is 1. The second-order valence-electron chi connectivity index (χ2n) is 6.35. The fourth-order valence-corrected chi connectivity index (χ4v) is 2.65. The lowest BCUT2D eigenvalue weighted by Crippen LogP contribution is -2.22. The lowest BCUT2D eigenvalue weighted by molar-refractivity contribution is 0.261. The molecule has 0 saturated heterocycles. The number of carbonyl (C=O) groups excluding carboxylic acids is 1. The average molecular weight is 401 g/mol. The van der Waals surface area contributed by atoms with E-state index in [1.54, 1.807) is 30.3 Å². The molecule has 1 aromatic heterocycles. The number of ether oxygens (including phenoxy) is 1. The molecule has 2 amide bonds. The maximum absolute atomic E-state index is 12.4. The van der Waals surface area contributed by atoms with E-state index in [0.29, 0.717) is 34.1 Å². The highest BCUT2D eigenvalue weighted by Crippen LogP contribution is 2.28. The van der Waals surface area contributed by atoms with Gasteiger partial charge in [0.2, 0.25) is 0 Å². The second kappa shape index (κ2) is 9.29. The summed E-state index contributed by atoms with van der Waals surface area (Å²) in [7, 11) is 4.01.